The van der Waals surface area contributed by atoms with Gasteiger partial charge < -0.3 is 10.7 Å². The van der Waals surface area contributed by atoms with Gasteiger partial charge in [-0.3, -0.25) is 0 Å². The normalized spacial score (nSPS) is 17.6. The summed E-state index contributed by atoms with van der Waals surface area (Å²) < 4.78 is 0. The number of hydrogen-bond donors (Lipinski definition) is 1. The van der Waals surface area contributed by atoms with Crippen molar-refractivity contribution in [1.29, 1.82) is 0 Å². The van der Waals surface area contributed by atoms with Crippen LogP contribution in [0.5, 0.6) is 0 Å². The molecule has 2 unspecified atom stereocenters. The van der Waals surface area contributed by atoms with Gasteiger partial charge in [0.15, 0.2) is 0 Å². The molecule has 0 aromatic carbocycles. The molecule has 0 aliphatic rings. The van der Waals surface area contributed by atoms with E-state index in [9.17, 15) is 0 Å². The van der Waals surface area contributed by atoms with Gasteiger partial charge >= 0.3 is 0 Å². The molecule has 0 aliphatic carbocycles. The maximum absolute atomic E-state index is 5.62. The highest BCUT2D eigenvalue weighted by Crippen LogP contribution is 2.06. The van der Waals surface area contributed by atoms with Gasteiger partial charge in [-0.25, -0.2) is 0 Å². The van der Waals surface area contributed by atoms with Gasteiger partial charge in [-0.15, -0.1) is 0 Å². The Labute approximate surface area is 63.5 Å². The summed E-state index contributed by atoms with van der Waals surface area (Å²) in [4.78, 5) is 3.92. The van der Waals surface area contributed by atoms with Gasteiger partial charge in [0.1, 0.15) is 0 Å². The van der Waals surface area contributed by atoms with E-state index in [1.807, 2.05) is 13.1 Å². The van der Waals surface area contributed by atoms with Crippen LogP contribution in [0.2, 0.25) is 0 Å². The lowest BCUT2D eigenvalue weighted by Gasteiger charge is -2.10. The SMILES string of the molecule is CN=CCC(C)CC(C)N. The average Bonchev–Trinajstić information content (AvgIpc) is 1.82. The first-order valence-electron chi connectivity index (χ1n) is 3.83. The monoisotopic (exact) mass is 142 g/mol. The first kappa shape index (κ1) is 9.63. The van der Waals surface area contributed by atoms with Crippen molar-refractivity contribution in [3.05, 3.63) is 0 Å². The minimum absolute atomic E-state index is 0.320. The highest BCUT2D eigenvalue weighted by Gasteiger charge is 2.02. The Kier molecular flexibility index (Phi) is 5.22. The summed E-state index contributed by atoms with van der Waals surface area (Å²) in [6.45, 7) is 4.24. The van der Waals surface area contributed by atoms with Crippen LogP contribution in [0.25, 0.3) is 0 Å². The summed E-state index contributed by atoms with van der Waals surface area (Å²) in [7, 11) is 1.80. The van der Waals surface area contributed by atoms with Gasteiger partial charge in [-0.1, -0.05) is 6.92 Å². The maximum Gasteiger partial charge on any atom is 0.0273 e. The van der Waals surface area contributed by atoms with E-state index in [2.05, 4.69) is 11.9 Å². The second-order valence-corrected chi connectivity index (χ2v) is 2.99. The Morgan fingerprint density at radius 1 is 1.50 bits per heavy atom. The van der Waals surface area contributed by atoms with E-state index in [0.717, 1.165) is 12.8 Å². The van der Waals surface area contributed by atoms with E-state index in [4.69, 9.17) is 5.73 Å². The molecule has 0 radical (unpaired) electrons. The van der Waals surface area contributed by atoms with E-state index in [-0.39, 0.29) is 0 Å². The zero-order valence-electron chi connectivity index (χ0n) is 7.17. The van der Waals surface area contributed by atoms with Crippen molar-refractivity contribution in [3.63, 3.8) is 0 Å². The van der Waals surface area contributed by atoms with Crippen LogP contribution in [-0.4, -0.2) is 19.3 Å². The molecule has 0 saturated carbocycles. The number of nitrogens with zero attached hydrogens (tertiary/aromatic N) is 1. The molecule has 2 atom stereocenters. The van der Waals surface area contributed by atoms with Crippen LogP contribution in [0.4, 0.5) is 0 Å². The molecular formula is C8H18N2. The Morgan fingerprint density at radius 3 is 2.50 bits per heavy atom. The summed E-state index contributed by atoms with van der Waals surface area (Å²) in [6.07, 6.45) is 4.09. The van der Waals surface area contributed by atoms with Crippen molar-refractivity contribution < 1.29 is 0 Å². The Balaban J connectivity index is 3.33. The third kappa shape index (κ3) is 5.76. The molecule has 0 aromatic heterocycles. The zero-order valence-corrected chi connectivity index (χ0v) is 7.17. The van der Waals surface area contributed by atoms with Crippen molar-refractivity contribution in [2.24, 2.45) is 16.6 Å². The molecule has 60 valence electrons. The molecule has 2 heteroatoms. The van der Waals surface area contributed by atoms with Gasteiger partial charge in [-0.2, -0.15) is 0 Å². The smallest absolute Gasteiger partial charge is 0.0273 e. The summed E-state index contributed by atoms with van der Waals surface area (Å²) in [5.74, 6) is 0.670. The number of hydrogen-bond acceptors (Lipinski definition) is 2. The highest BCUT2D eigenvalue weighted by atomic mass is 14.6. The molecule has 2 nitrogen and oxygen atoms in total. The van der Waals surface area contributed by atoms with Gasteiger partial charge in [0.2, 0.25) is 0 Å². The first-order chi connectivity index (χ1) is 4.66. The number of aliphatic imine (C=N–C) groups is 1. The summed E-state index contributed by atoms with van der Waals surface area (Å²) in [6, 6.07) is 0.320. The van der Waals surface area contributed by atoms with Gasteiger partial charge in [-0.05, 0) is 31.9 Å². The van der Waals surface area contributed by atoms with E-state index >= 15 is 0 Å². The molecule has 0 spiro atoms. The van der Waals surface area contributed by atoms with Crippen LogP contribution in [0.3, 0.4) is 0 Å². The molecule has 10 heavy (non-hydrogen) atoms. The summed E-state index contributed by atoms with van der Waals surface area (Å²) in [5, 5.41) is 0. The summed E-state index contributed by atoms with van der Waals surface area (Å²) >= 11 is 0. The predicted molar refractivity (Wildman–Crippen MR) is 46.5 cm³/mol. The van der Waals surface area contributed by atoms with Gasteiger partial charge in [0.25, 0.3) is 0 Å². The number of nitrogens with two attached hydrogens (primary N) is 1. The van der Waals surface area contributed by atoms with Gasteiger partial charge in [0, 0.05) is 13.1 Å². The van der Waals surface area contributed by atoms with Crippen LogP contribution in [0.15, 0.2) is 4.99 Å². The minimum Gasteiger partial charge on any atom is -0.328 e. The second kappa shape index (κ2) is 5.42. The standard InChI is InChI=1S/C8H18N2/c1-7(4-5-10-3)6-8(2)9/h5,7-8H,4,6,9H2,1-3H3. The molecule has 0 heterocycles. The maximum atomic E-state index is 5.62. The van der Waals surface area contributed by atoms with E-state index in [1.54, 1.807) is 7.05 Å². The minimum atomic E-state index is 0.320. The van der Waals surface area contributed by atoms with Crippen molar-refractivity contribution in [2.45, 2.75) is 32.7 Å². The third-order valence-electron chi connectivity index (χ3n) is 1.46. The Hall–Kier alpha value is -0.370. The molecular weight excluding hydrogens is 124 g/mol. The first-order valence-corrected chi connectivity index (χ1v) is 3.83. The molecule has 0 fully saturated rings. The molecule has 2 N–H and O–H groups in total. The van der Waals surface area contributed by atoms with E-state index in [0.29, 0.717) is 12.0 Å². The average molecular weight is 142 g/mol. The molecule has 0 amide bonds. The van der Waals surface area contributed by atoms with Crippen LogP contribution in [0.1, 0.15) is 26.7 Å². The van der Waals surface area contributed by atoms with E-state index in [1.165, 1.54) is 0 Å². The van der Waals surface area contributed by atoms with Crippen molar-refractivity contribution in [1.82, 2.24) is 0 Å². The van der Waals surface area contributed by atoms with Crippen LogP contribution >= 0.6 is 0 Å². The highest BCUT2D eigenvalue weighted by molar-refractivity contribution is 5.57. The Bertz CT molecular complexity index is 97.4. The lowest BCUT2D eigenvalue weighted by atomic mass is 10.0. The van der Waals surface area contributed by atoms with Crippen LogP contribution < -0.4 is 5.73 Å². The second-order valence-electron chi connectivity index (χ2n) is 2.99. The Morgan fingerprint density at radius 2 is 2.10 bits per heavy atom. The summed E-state index contributed by atoms with van der Waals surface area (Å²) in [5.41, 5.74) is 5.62. The molecule has 0 saturated heterocycles. The lowest BCUT2D eigenvalue weighted by Crippen LogP contribution is -2.18. The molecule has 0 bridgehead atoms. The fourth-order valence-electron chi connectivity index (χ4n) is 1.02. The predicted octanol–water partition coefficient (Wildman–Crippen LogP) is 1.45. The number of rotatable bonds is 4. The van der Waals surface area contributed by atoms with Gasteiger partial charge in [0.05, 0.1) is 0 Å². The largest absolute Gasteiger partial charge is 0.328 e. The fraction of sp³-hybridized carbons (Fsp3) is 0.875. The van der Waals surface area contributed by atoms with Crippen molar-refractivity contribution >= 4 is 6.21 Å². The third-order valence-corrected chi connectivity index (χ3v) is 1.46. The van der Waals surface area contributed by atoms with E-state index < -0.39 is 0 Å². The molecule has 0 aliphatic heterocycles. The molecule has 0 rings (SSSR count). The van der Waals surface area contributed by atoms with Crippen molar-refractivity contribution in [2.75, 3.05) is 7.05 Å². The van der Waals surface area contributed by atoms with Crippen LogP contribution in [-0.2, 0) is 0 Å². The fourth-order valence-corrected chi connectivity index (χ4v) is 1.02. The molecule has 0 aromatic rings. The zero-order chi connectivity index (χ0) is 7.98. The van der Waals surface area contributed by atoms with Crippen molar-refractivity contribution in [3.8, 4) is 0 Å². The van der Waals surface area contributed by atoms with Crippen LogP contribution in [0, 0.1) is 5.92 Å². The lowest BCUT2D eigenvalue weighted by molar-refractivity contribution is 0.499. The topological polar surface area (TPSA) is 38.4 Å². The quantitative estimate of drug-likeness (QED) is 0.593.